The molecule has 0 aromatic heterocycles. The van der Waals surface area contributed by atoms with Gasteiger partial charge in [0.05, 0.1) is 12.3 Å². The lowest BCUT2D eigenvalue weighted by atomic mass is 9.99. The van der Waals surface area contributed by atoms with Crippen molar-refractivity contribution in [1.29, 1.82) is 0 Å². The predicted molar refractivity (Wildman–Crippen MR) is 33.5 cm³/mol. The minimum atomic E-state index is -0.613. The number of ether oxygens (including phenoxy) is 2. The molecule has 2 fully saturated rings. The van der Waals surface area contributed by atoms with E-state index in [0.29, 0.717) is 6.42 Å². The van der Waals surface area contributed by atoms with Crippen molar-refractivity contribution in [2.75, 3.05) is 0 Å². The molecule has 2 heterocycles. The van der Waals surface area contributed by atoms with Crippen LogP contribution < -0.4 is 0 Å². The Morgan fingerprint density at radius 3 is 2.73 bits per heavy atom. The maximum atomic E-state index is 10.9. The van der Waals surface area contributed by atoms with Crippen LogP contribution in [-0.4, -0.2) is 24.1 Å². The maximum absolute atomic E-state index is 10.9. The van der Waals surface area contributed by atoms with Crippen molar-refractivity contribution in [2.24, 2.45) is 5.92 Å². The van der Waals surface area contributed by atoms with Crippen LogP contribution in [0.15, 0.2) is 0 Å². The fourth-order valence-corrected chi connectivity index (χ4v) is 1.55. The summed E-state index contributed by atoms with van der Waals surface area (Å²) in [5, 5.41) is 0. The Hall–Kier alpha value is -1.06. The lowest BCUT2D eigenvalue weighted by Gasteiger charge is -2.04. The van der Waals surface area contributed by atoms with Gasteiger partial charge in [0.1, 0.15) is 6.10 Å². The molecule has 2 aliphatic rings. The van der Waals surface area contributed by atoms with E-state index in [0.717, 1.165) is 0 Å². The SMILES string of the molecule is CC1OC(=O)C2OC(=O)CC12. The van der Waals surface area contributed by atoms with Crippen LogP contribution in [0.4, 0.5) is 0 Å². The van der Waals surface area contributed by atoms with Crippen LogP contribution in [-0.2, 0) is 19.1 Å². The second kappa shape index (κ2) is 1.96. The molecule has 0 spiro atoms. The summed E-state index contributed by atoms with van der Waals surface area (Å²) in [5.41, 5.74) is 0. The van der Waals surface area contributed by atoms with Crippen molar-refractivity contribution in [3.05, 3.63) is 0 Å². The minimum Gasteiger partial charge on any atom is -0.459 e. The molecule has 4 heteroatoms. The normalized spacial score (nSPS) is 41.7. The van der Waals surface area contributed by atoms with E-state index in [2.05, 4.69) is 0 Å². The topological polar surface area (TPSA) is 52.6 Å². The monoisotopic (exact) mass is 156 g/mol. The first kappa shape index (κ1) is 6.64. The first-order chi connectivity index (χ1) is 5.18. The van der Waals surface area contributed by atoms with Gasteiger partial charge in [-0.2, -0.15) is 0 Å². The Bertz CT molecular complexity index is 222. The van der Waals surface area contributed by atoms with Gasteiger partial charge in [-0.1, -0.05) is 0 Å². The molecule has 4 nitrogen and oxygen atoms in total. The zero-order chi connectivity index (χ0) is 8.01. The molecule has 2 saturated heterocycles. The summed E-state index contributed by atoms with van der Waals surface area (Å²) in [4.78, 5) is 21.6. The highest BCUT2D eigenvalue weighted by Crippen LogP contribution is 2.33. The van der Waals surface area contributed by atoms with Gasteiger partial charge in [0.15, 0.2) is 0 Å². The Labute approximate surface area is 63.5 Å². The van der Waals surface area contributed by atoms with E-state index in [4.69, 9.17) is 9.47 Å². The molecule has 0 N–H and O–H groups in total. The van der Waals surface area contributed by atoms with Gasteiger partial charge in [-0.3, -0.25) is 4.79 Å². The molecule has 0 aliphatic carbocycles. The number of fused-ring (bicyclic) bond motifs is 1. The quantitative estimate of drug-likeness (QED) is 0.458. The number of carbonyl (C=O) groups excluding carboxylic acids is 2. The first-order valence-electron chi connectivity index (χ1n) is 3.58. The number of cyclic esters (lactones) is 1. The molecule has 0 aromatic rings. The summed E-state index contributed by atoms with van der Waals surface area (Å²) < 4.78 is 9.61. The van der Waals surface area contributed by atoms with Crippen LogP contribution in [0.25, 0.3) is 0 Å². The Balaban J connectivity index is 2.23. The molecule has 3 unspecified atom stereocenters. The first-order valence-corrected chi connectivity index (χ1v) is 3.58. The summed E-state index contributed by atoms with van der Waals surface area (Å²) in [5.74, 6) is -0.730. The third kappa shape index (κ3) is 0.818. The van der Waals surface area contributed by atoms with Crippen molar-refractivity contribution < 1.29 is 19.1 Å². The van der Waals surface area contributed by atoms with Gasteiger partial charge in [-0.25, -0.2) is 4.79 Å². The summed E-state index contributed by atoms with van der Waals surface area (Å²) in [6, 6.07) is 0. The summed E-state index contributed by atoms with van der Waals surface area (Å²) >= 11 is 0. The third-order valence-electron chi connectivity index (χ3n) is 2.19. The smallest absolute Gasteiger partial charge is 0.348 e. The van der Waals surface area contributed by atoms with Gasteiger partial charge in [-0.05, 0) is 6.92 Å². The molecule has 0 saturated carbocycles. The Morgan fingerprint density at radius 1 is 1.36 bits per heavy atom. The standard InChI is InChI=1S/C7H8O4/c1-3-4-2-5(8)11-6(4)7(9)10-3/h3-4,6H,2H2,1H3. The van der Waals surface area contributed by atoms with E-state index in [1.165, 1.54) is 0 Å². The van der Waals surface area contributed by atoms with Crippen molar-refractivity contribution >= 4 is 11.9 Å². The highest BCUT2D eigenvalue weighted by Gasteiger charge is 2.50. The second-order valence-corrected chi connectivity index (χ2v) is 2.92. The average molecular weight is 156 g/mol. The van der Waals surface area contributed by atoms with Gasteiger partial charge >= 0.3 is 11.9 Å². The predicted octanol–water partition coefficient (Wildman–Crippen LogP) is -0.137. The van der Waals surface area contributed by atoms with Crippen molar-refractivity contribution in [3.8, 4) is 0 Å². The van der Waals surface area contributed by atoms with Crippen LogP contribution in [0.2, 0.25) is 0 Å². The zero-order valence-corrected chi connectivity index (χ0v) is 6.07. The molecule has 11 heavy (non-hydrogen) atoms. The summed E-state index contributed by atoms with van der Waals surface area (Å²) in [6.45, 7) is 1.78. The number of hydrogen-bond donors (Lipinski definition) is 0. The molecule has 2 rings (SSSR count). The summed E-state index contributed by atoms with van der Waals surface area (Å²) in [6.07, 6.45) is -0.464. The van der Waals surface area contributed by atoms with Gasteiger partial charge in [0.2, 0.25) is 6.10 Å². The highest BCUT2D eigenvalue weighted by molar-refractivity contribution is 5.85. The van der Waals surface area contributed by atoms with Crippen LogP contribution in [0.3, 0.4) is 0 Å². The van der Waals surface area contributed by atoms with E-state index in [1.54, 1.807) is 6.92 Å². The average Bonchev–Trinajstić information content (AvgIpc) is 2.38. The maximum Gasteiger partial charge on any atom is 0.348 e. The molecule has 0 amide bonds. The zero-order valence-electron chi connectivity index (χ0n) is 6.07. The number of hydrogen-bond acceptors (Lipinski definition) is 4. The third-order valence-corrected chi connectivity index (χ3v) is 2.19. The van der Waals surface area contributed by atoms with Crippen molar-refractivity contribution in [3.63, 3.8) is 0 Å². The molecule has 0 radical (unpaired) electrons. The van der Waals surface area contributed by atoms with Crippen LogP contribution in [0.1, 0.15) is 13.3 Å². The summed E-state index contributed by atoms with van der Waals surface area (Å²) in [7, 11) is 0. The number of rotatable bonds is 0. The highest BCUT2D eigenvalue weighted by atomic mass is 16.6. The van der Waals surface area contributed by atoms with E-state index in [9.17, 15) is 9.59 Å². The molecule has 60 valence electrons. The molecule has 2 aliphatic heterocycles. The fraction of sp³-hybridized carbons (Fsp3) is 0.714. The van der Waals surface area contributed by atoms with Crippen LogP contribution in [0, 0.1) is 5.92 Å². The van der Waals surface area contributed by atoms with Gasteiger partial charge < -0.3 is 9.47 Å². The molecular weight excluding hydrogens is 148 g/mol. The van der Waals surface area contributed by atoms with Gasteiger partial charge in [0.25, 0.3) is 0 Å². The van der Waals surface area contributed by atoms with E-state index < -0.39 is 12.1 Å². The van der Waals surface area contributed by atoms with Crippen molar-refractivity contribution in [2.45, 2.75) is 25.6 Å². The Kier molecular flexibility index (Phi) is 1.19. The lowest BCUT2D eigenvalue weighted by molar-refractivity contribution is -0.157. The molecule has 0 bridgehead atoms. The fourth-order valence-electron chi connectivity index (χ4n) is 1.55. The van der Waals surface area contributed by atoms with Crippen molar-refractivity contribution in [1.82, 2.24) is 0 Å². The van der Waals surface area contributed by atoms with Gasteiger partial charge in [-0.15, -0.1) is 0 Å². The second-order valence-electron chi connectivity index (χ2n) is 2.92. The largest absolute Gasteiger partial charge is 0.459 e. The van der Waals surface area contributed by atoms with E-state index in [1.807, 2.05) is 0 Å². The lowest BCUT2D eigenvalue weighted by Crippen LogP contribution is -2.19. The molecule has 3 atom stereocenters. The number of carbonyl (C=O) groups is 2. The minimum absolute atomic E-state index is 0.0463. The van der Waals surface area contributed by atoms with E-state index >= 15 is 0 Å². The van der Waals surface area contributed by atoms with Gasteiger partial charge in [0, 0.05) is 0 Å². The van der Waals surface area contributed by atoms with E-state index in [-0.39, 0.29) is 18.0 Å². The number of esters is 2. The molecular formula is C7H8O4. The molecule has 0 aromatic carbocycles. The Morgan fingerprint density at radius 2 is 2.09 bits per heavy atom. The van der Waals surface area contributed by atoms with Crippen LogP contribution in [0.5, 0.6) is 0 Å². The van der Waals surface area contributed by atoms with Crippen LogP contribution >= 0.6 is 0 Å².